The van der Waals surface area contributed by atoms with Crippen LogP contribution in [0.25, 0.3) is 0 Å². The summed E-state index contributed by atoms with van der Waals surface area (Å²) in [6.07, 6.45) is 0. The van der Waals surface area contributed by atoms with E-state index in [0.717, 1.165) is 12.1 Å². The highest BCUT2D eigenvalue weighted by molar-refractivity contribution is 6.02. The van der Waals surface area contributed by atoms with Crippen molar-refractivity contribution >= 4 is 23.0 Å². The average molecular weight is 441 g/mol. The van der Waals surface area contributed by atoms with E-state index >= 15 is 0 Å². The molecule has 1 aliphatic heterocycles. The molecule has 164 valence electrons. The summed E-state index contributed by atoms with van der Waals surface area (Å²) in [6.45, 7) is 1.43. The van der Waals surface area contributed by atoms with Crippen molar-refractivity contribution < 1.29 is 33.3 Å². The van der Waals surface area contributed by atoms with Crippen LogP contribution >= 0.6 is 0 Å². The zero-order valence-corrected chi connectivity index (χ0v) is 16.5. The van der Waals surface area contributed by atoms with Crippen LogP contribution in [0, 0.1) is 27.2 Å². The number of nitro groups is 2. The number of nitrogens with zero attached hydrogens (tertiary/aromatic N) is 2. The number of carbonyl (C=O) groups excluding carboxylic acids is 1. The Labute approximate surface area is 179 Å². The maximum Gasteiger partial charge on any atom is 0.291 e. The number of hydrogen-bond acceptors (Lipinski definition) is 9. The molecule has 12 nitrogen and oxygen atoms in total. The van der Waals surface area contributed by atoms with Crippen molar-refractivity contribution in [2.45, 2.75) is 13.5 Å². The lowest BCUT2D eigenvalue weighted by molar-refractivity contribution is -0.395. The third-order valence-corrected chi connectivity index (χ3v) is 4.61. The highest BCUT2D eigenvalue weighted by atomic mass is 16.7. The standard InChI is InChI=1S/C20H15N3O9/c1-11-15(22(25)26)6-12(7-16(11)23(27)28)21-20(24)18-5-3-14(32-18)9-29-13-2-4-17-19(8-13)31-10-30-17/h2-8H,9-10H2,1H3,(H,21,24). The summed E-state index contributed by atoms with van der Waals surface area (Å²) in [6, 6.07) is 10.1. The van der Waals surface area contributed by atoms with Gasteiger partial charge in [0.2, 0.25) is 6.79 Å². The first-order chi connectivity index (χ1) is 15.3. The summed E-state index contributed by atoms with van der Waals surface area (Å²) >= 11 is 0. The molecule has 1 aliphatic rings. The molecule has 4 rings (SSSR count). The number of nitro benzene ring substituents is 2. The largest absolute Gasteiger partial charge is 0.486 e. The van der Waals surface area contributed by atoms with Gasteiger partial charge in [0.1, 0.15) is 23.7 Å². The van der Waals surface area contributed by atoms with E-state index in [1.807, 2.05) is 0 Å². The van der Waals surface area contributed by atoms with Gasteiger partial charge in [-0.05, 0) is 31.2 Å². The second-order valence-electron chi connectivity index (χ2n) is 6.68. The summed E-state index contributed by atoms with van der Waals surface area (Å²) < 4.78 is 21.6. The lowest BCUT2D eigenvalue weighted by Gasteiger charge is -2.06. The SMILES string of the molecule is Cc1c([N+](=O)[O-])cc(NC(=O)c2ccc(COc3ccc4c(c3)OCO4)o2)cc1[N+](=O)[O-]. The Balaban J connectivity index is 1.45. The van der Waals surface area contributed by atoms with E-state index in [1.54, 1.807) is 18.2 Å². The number of nitrogens with one attached hydrogen (secondary N) is 1. The van der Waals surface area contributed by atoms with E-state index in [2.05, 4.69) is 5.32 Å². The van der Waals surface area contributed by atoms with Crippen molar-refractivity contribution in [3.05, 3.63) is 79.8 Å². The van der Waals surface area contributed by atoms with Gasteiger partial charge in [-0.3, -0.25) is 25.0 Å². The minimum Gasteiger partial charge on any atom is -0.486 e. The maximum atomic E-state index is 12.5. The highest BCUT2D eigenvalue weighted by Gasteiger charge is 2.24. The molecule has 0 spiro atoms. The third-order valence-electron chi connectivity index (χ3n) is 4.61. The van der Waals surface area contributed by atoms with E-state index in [-0.39, 0.29) is 30.4 Å². The molecule has 2 heterocycles. The van der Waals surface area contributed by atoms with Gasteiger partial charge in [0.05, 0.1) is 15.5 Å². The number of benzene rings is 2. The molecule has 1 amide bonds. The second-order valence-corrected chi connectivity index (χ2v) is 6.68. The fourth-order valence-corrected chi connectivity index (χ4v) is 3.03. The minimum atomic E-state index is -0.754. The molecule has 3 aromatic rings. The van der Waals surface area contributed by atoms with Gasteiger partial charge in [-0.25, -0.2) is 0 Å². The predicted octanol–water partition coefficient (Wildman–Crippen LogP) is 3.96. The van der Waals surface area contributed by atoms with Gasteiger partial charge in [-0.1, -0.05) is 0 Å². The minimum absolute atomic E-state index is 0.0222. The Morgan fingerprint density at radius 2 is 1.72 bits per heavy atom. The van der Waals surface area contributed by atoms with E-state index in [0.29, 0.717) is 23.0 Å². The first kappa shape index (κ1) is 20.7. The lowest BCUT2D eigenvalue weighted by atomic mass is 10.1. The fraction of sp³-hybridized carbons (Fsp3) is 0.150. The molecular formula is C20H15N3O9. The lowest BCUT2D eigenvalue weighted by Crippen LogP contribution is -2.12. The van der Waals surface area contributed by atoms with Crippen molar-refractivity contribution in [3.8, 4) is 17.2 Å². The number of carbonyl (C=O) groups is 1. The van der Waals surface area contributed by atoms with Crippen LogP contribution in [0.4, 0.5) is 17.1 Å². The molecule has 0 unspecified atom stereocenters. The van der Waals surface area contributed by atoms with Crippen LogP contribution in [-0.4, -0.2) is 22.5 Å². The summed E-state index contributed by atoms with van der Waals surface area (Å²) in [5.74, 6) is 1.20. The third kappa shape index (κ3) is 4.14. The molecule has 0 saturated heterocycles. The molecule has 32 heavy (non-hydrogen) atoms. The van der Waals surface area contributed by atoms with E-state index < -0.39 is 27.1 Å². The van der Waals surface area contributed by atoms with E-state index in [1.165, 1.54) is 19.1 Å². The molecule has 0 bridgehead atoms. The van der Waals surface area contributed by atoms with Crippen LogP contribution in [0.5, 0.6) is 17.2 Å². The summed E-state index contributed by atoms with van der Waals surface area (Å²) in [5.41, 5.74) is -1.17. The molecule has 0 radical (unpaired) electrons. The molecule has 0 aliphatic carbocycles. The molecule has 2 aromatic carbocycles. The summed E-state index contributed by atoms with van der Waals surface area (Å²) in [7, 11) is 0. The zero-order chi connectivity index (χ0) is 22.8. The molecule has 12 heteroatoms. The van der Waals surface area contributed by atoms with Crippen LogP contribution in [-0.2, 0) is 6.61 Å². The molecule has 1 N–H and O–H groups in total. The average Bonchev–Trinajstić information content (AvgIpc) is 3.42. The summed E-state index contributed by atoms with van der Waals surface area (Å²) in [4.78, 5) is 33.3. The fourth-order valence-electron chi connectivity index (χ4n) is 3.03. The van der Waals surface area contributed by atoms with Gasteiger partial charge in [0.15, 0.2) is 17.3 Å². The van der Waals surface area contributed by atoms with Crippen LogP contribution in [0.15, 0.2) is 46.9 Å². The number of ether oxygens (including phenoxy) is 3. The number of furan rings is 1. The monoisotopic (exact) mass is 441 g/mol. The van der Waals surface area contributed by atoms with Crippen LogP contribution in [0.3, 0.4) is 0 Å². The van der Waals surface area contributed by atoms with Crippen LogP contribution in [0.2, 0.25) is 0 Å². The topological polar surface area (TPSA) is 156 Å². The van der Waals surface area contributed by atoms with E-state index in [4.69, 9.17) is 18.6 Å². The normalized spacial score (nSPS) is 11.8. The second kappa shape index (κ2) is 8.26. The zero-order valence-electron chi connectivity index (χ0n) is 16.5. The van der Waals surface area contributed by atoms with Crippen molar-refractivity contribution in [1.82, 2.24) is 0 Å². The molecule has 1 aromatic heterocycles. The Morgan fingerprint density at radius 1 is 1.03 bits per heavy atom. The van der Waals surface area contributed by atoms with Crippen LogP contribution < -0.4 is 19.5 Å². The van der Waals surface area contributed by atoms with Gasteiger partial charge in [-0.15, -0.1) is 0 Å². The van der Waals surface area contributed by atoms with Crippen molar-refractivity contribution in [1.29, 1.82) is 0 Å². The number of rotatable bonds is 7. The van der Waals surface area contributed by atoms with Gasteiger partial charge >= 0.3 is 0 Å². The smallest absolute Gasteiger partial charge is 0.291 e. The maximum absolute atomic E-state index is 12.5. The van der Waals surface area contributed by atoms with Crippen LogP contribution in [0.1, 0.15) is 21.9 Å². The highest BCUT2D eigenvalue weighted by Crippen LogP contribution is 2.35. The first-order valence-electron chi connectivity index (χ1n) is 9.18. The van der Waals surface area contributed by atoms with Gasteiger partial charge in [-0.2, -0.15) is 0 Å². The van der Waals surface area contributed by atoms with Crippen molar-refractivity contribution in [2.24, 2.45) is 0 Å². The molecule has 0 atom stereocenters. The Kier molecular flexibility index (Phi) is 5.33. The number of anilines is 1. The summed E-state index contributed by atoms with van der Waals surface area (Å²) in [5, 5.41) is 24.7. The first-order valence-corrected chi connectivity index (χ1v) is 9.18. The Hall–Kier alpha value is -4.61. The van der Waals surface area contributed by atoms with Gasteiger partial charge in [0.25, 0.3) is 17.3 Å². The van der Waals surface area contributed by atoms with E-state index in [9.17, 15) is 25.0 Å². The quantitative estimate of drug-likeness (QED) is 0.423. The Morgan fingerprint density at radius 3 is 2.41 bits per heavy atom. The van der Waals surface area contributed by atoms with Crippen molar-refractivity contribution in [3.63, 3.8) is 0 Å². The number of hydrogen-bond donors (Lipinski definition) is 1. The predicted molar refractivity (Wildman–Crippen MR) is 108 cm³/mol. The molecule has 0 saturated carbocycles. The van der Waals surface area contributed by atoms with Gasteiger partial charge in [0, 0.05) is 18.2 Å². The Bertz CT molecular complexity index is 1200. The van der Waals surface area contributed by atoms with Gasteiger partial charge < -0.3 is 23.9 Å². The number of amides is 1. The molecular weight excluding hydrogens is 426 g/mol. The number of fused-ring (bicyclic) bond motifs is 1. The van der Waals surface area contributed by atoms with Crippen molar-refractivity contribution in [2.75, 3.05) is 12.1 Å². The molecule has 0 fully saturated rings.